The molecule has 21 heavy (non-hydrogen) atoms. The minimum absolute atomic E-state index is 0.0266. The molecule has 2 aromatic rings. The second-order valence-corrected chi connectivity index (χ2v) is 7.48. The molecule has 6 heteroatoms. The molecule has 0 spiro atoms. The van der Waals surface area contributed by atoms with Crippen molar-refractivity contribution in [1.29, 1.82) is 0 Å². The van der Waals surface area contributed by atoms with Gasteiger partial charge >= 0.3 is 0 Å². The number of sulfonamides is 1. The summed E-state index contributed by atoms with van der Waals surface area (Å²) in [5.74, 6) is 0.0266. The molecule has 0 unspecified atom stereocenters. The number of hydrogen-bond donors (Lipinski definition) is 1. The normalized spacial score (nSPS) is 13.0. The zero-order chi connectivity index (χ0) is 15.3. The molecular weight excluding hydrogens is 352 g/mol. The quantitative estimate of drug-likeness (QED) is 0.852. The number of aromatic nitrogens is 1. The first-order valence-corrected chi connectivity index (χ1v) is 9.07. The summed E-state index contributed by atoms with van der Waals surface area (Å²) < 4.78 is 27.9. The van der Waals surface area contributed by atoms with Crippen LogP contribution in [0.25, 0.3) is 0 Å². The van der Waals surface area contributed by atoms with E-state index in [0.29, 0.717) is 6.42 Å². The van der Waals surface area contributed by atoms with Gasteiger partial charge in [-0.05, 0) is 30.7 Å². The first-order valence-electron chi connectivity index (χ1n) is 6.62. The molecule has 0 bridgehead atoms. The van der Waals surface area contributed by atoms with Gasteiger partial charge in [-0.1, -0.05) is 40.2 Å². The maximum absolute atomic E-state index is 12.1. The number of nitrogens with zero attached hydrogens (tertiary/aromatic N) is 1. The summed E-state index contributed by atoms with van der Waals surface area (Å²) in [7, 11) is -3.35. The summed E-state index contributed by atoms with van der Waals surface area (Å²) in [6, 6.07) is 12.8. The molecule has 0 aliphatic rings. The van der Waals surface area contributed by atoms with Crippen LogP contribution in [0.4, 0.5) is 0 Å². The van der Waals surface area contributed by atoms with Gasteiger partial charge in [0.25, 0.3) is 0 Å². The predicted octanol–water partition coefficient (Wildman–Crippen LogP) is 3.07. The third-order valence-electron chi connectivity index (χ3n) is 3.08. The van der Waals surface area contributed by atoms with E-state index in [2.05, 4.69) is 25.6 Å². The largest absolute Gasteiger partial charge is 0.261 e. The van der Waals surface area contributed by atoms with Crippen LogP contribution in [0.2, 0.25) is 0 Å². The summed E-state index contributed by atoms with van der Waals surface area (Å²) >= 11 is 3.44. The molecule has 1 aromatic carbocycles. The summed E-state index contributed by atoms with van der Waals surface area (Å²) in [6.45, 7) is 1.83. The second kappa shape index (κ2) is 7.15. The highest BCUT2D eigenvalue weighted by Crippen LogP contribution is 2.23. The Labute approximate surface area is 133 Å². The Morgan fingerprint density at radius 1 is 1.19 bits per heavy atom. The Hall–Kier alpha value is -1.24. The van der Waals surface area contributed by atoms with Gasteiger partial charge in [-0.15, -0.1) is 0 Å². The van der Waals surface area contributed by atoms with E-state index in [-0.39, 0.29) is 11.8 Å². The van der Waals surface area contributed by atoms with E-state index >= 15 is 0 Å². The predicted molar refractivity (Wildman–Crippen MR) is 87.4 cm³/mol. The molecule has 4 nitrogen and oxygen atoms in total. The average Bonchev–Trinajstić information content (AvgIpc) is 2.46. The smallest absolute Gasteiger partial charge is 0.212 e. The lowest BCUT2D eigenvalue weighted by Gasteiger charge is -2.16. The summed E-state index contributed by atoms with van der Waals surface area (Å²) in [5, 5.41) is 0. The Kier molecular flexibility index (Phi) is 5.50. The fraction of sp³-hybridized carbons (Fsp3) is 0.267. The van der Waals surface area contributed by atoms with Gasteiger partial charge in [0.15, 0.2) is 0 Å². The second-order valence-electron chi connectivity index (χ2n) is 4.75. The monoisotopic (exact) mass is 368 g/mol. The highest BCUT2D eigenvalue weighted by atomic mass is 79.9. The van der Waals surface area contributed by atoms with E-state index in [4.69, 9.17) is 0 Å². The molecule has 0 aliphatic heterocycles. The fourth-order valence-electron chi connectivity index (χ4n) is 2.00. The Morgan fingerprint density at radius 2 is 1.90 bits per heavy atom. The number of aryl methyl sites for hydroxylation is 1. The summed E-state index contributed by atoms with van der Waals surface area (Å²) in [5.41, 5.74) is 1.69. The van der Waals surface area contributed by atoms with E-state index in [1.807, 2.05) is 49.4 Å². The van der Waals surface area contributed by atoms with Crippen LogP contribution in [0.1, 0.15) is 24.2 Å². The van der Waals surface area contributed by atoms with Crippen LogP contribution < -0.4 is 4.72 Å². The van der Waals surface area contributed by atoms with Crippen LogP contribution in [-0.4, -0.2) is 19.2 Å². The minimum Gasteiger partial charge on any atom is -0.261 e. The molecule has 1 aromatic heterocycles. The minimum atomic E-state index is -3.35. The van der Waals surface area contributed by atoms with Crippen LogP contribution in [0.15, 0.2) is 53.1 Å². The lowest BCUT2D eigenvalue weighted by Crippen LogP contribution is -2.30. The van der Waals surface area contributed by atoms with E-state index in [1.54, 1.807) is 6.20 Å². The molecule has 0 amide bonds. The van der Waals surface area contributed by atoms with Gasteiger partial charge in [-0.25, -0.2) is 13.1 Å². The topological polar surface area (TPSA) is 59.1 Å². The van der Waals surface area contributed by atoms with Crippen molar-refractivity contribution in [3.63, 3.8) is 0 Å². The number of nitrogens with one attached hydrogen (secondary N) is 1. The van der Waals surface area contributed by atoms with Crippen molar-refractivity contribution in [2.24, 2.45) is 0 Å². The zero-order valence-electron chi connectivity index (χ0n) is 11.7. The van der Waals surface area contributed by atoms with Gasteiger partial charge in [0.05, 0.1) is 5.75 Å². The van der Waals surface area contributed by atoms with Crippen molar-refractivity contribution in [3.8, 4) is 0 Å². The molecule has 0 saturated heterocycles. The SMILES string of the molecule is C[C@H](NS(=O)(=O)CCc1ccccn1)c1ccccc1Br. The molecule has 1 heterocycles. The maximum atomic E-state index is 12.1. The Bertz CT molecular complexity index is 690. The van der Waals surface area contributed by atoms with Gasteiger partial charge in [0.2, 0.25) is 10.0 Å². The van der Waals surface area contributed by atoms with Crippen LogP contribution in [0.5, 0.6) is 0 Å². The average molecular weight is 369 g/mol. The molecule has 1 atom stereocenters. The number of hydrogen-bond acceptors (Lipinski definition) is 3. The van der Waals surface area contributed by atoms with E-state index < -0.39 is 10.0 Å². The maximum Gasteiger partial charge on any atom is 0.212 e. The van der Waals surface area contributed by atoms with Crippen molar-refractivity contribution in [3.05, 3.63) is 64.4 Å². The summed E-state index contributed by atoms with van der Waals surface area (Å²) in [6.07, 6.45) is 2.07. The van der Waals surface area contributed by atoms with Crippen molar-refractivity contribution in [2.75, 3.05) is 5.75 Å². The van der Waals surface area contributed by atoms with E-state index in [0.717, 1.165) is 15.7 Å². The third kappa shape index (κ3) is 4.91. The highest BCUT2D eigenvalue weighted by molar-refractivity contribution is 9.10. The van der Waals surface area contributed by atoms with Gasteiger partial charge in [-0.2, -0.15) is 0 Å². The van der Waals surface area contributed by atoms with Crippen molar-refractivity contribution < 1.29 is 8.42 Å². The highest BCUT2D eigenvalue weighted by Gasteiger charge is 2.17. The Morgan fingerprint density at radius 3 is 2.57 bits per heavy atom. The van der Waals surface area contributed by atoms with E-state index in [9.17, 15) is 8.42 Å². The lowest BCUT2D eigenvalue weighted by molar-refractivity contribution is 0.565. The number of rotatable bonds is 6. The van der Waals surface area contributed by atoms with Gasteiger partial charge < -0.3 is 0 Å². The van der Waals surface area contributed by atoms with Crippen LogP contribution in [0, 0.1) is 0 Å². The standard InChI is InChI=1S/C15H17BrN2O2S/c1-12(14-7-2-3-8-15(14)16)18-21(19,20)11-9-13-6-4-5-10-17-13/h2-8,10,12,18H,9,11H2,1H3/t12-/m0/s1. The summed E-state index contributed by atoms with van der Waals surface area (Å²) in [4.78, 5) is 4.13. The number of benzene rings is 1. The Balaban J connectivity index is 1.99. The first kappa shape index (κ1) is 16.1. The zero-order valence-corrected chi connectivity index (χ0v) is 14.1. The van der Waals surface area contributed by atoms with E-state index in [1.165, 1.54) is 0 Å². The molecule has 0 saturated carbocycles. The van der Waals surface area contributed by atoms with Crippen LogP contribution in [0.3, 0.4) is 0 Å². The molecular formula is C15H17BrN2O2S. The number of pyridine rings is 1. The van der Waals surface area contributed by atoms with Crippen LogP contribution >= 0.6 is 15.9 Å². The lowest BCUT2D eigenvalue weighted by atomic mass is 10.1. The van der Waals surface area contributed by atoms with Gasteiger partial charge in [-0.3, -0.25) is 4.98 Å². The van der Waals surface area contributed by atoms with Gasteiger partial charge in [0, 0.05) is 28.8 Å². The third-order valence-corrected chi connectivity index (χ3v) is 5.26. The molecule has 0 radical (unpaired) electrons. The molecule has 1 N–H and O–H groups in total. The first-order chi connectivity index (χ1) is 9.98. The molecule has 112 valence electrons. The number of halogens is 1. The van der Waals surface area contributed by atoms with Crippen molar-refractivity contribution >= 4 is 26.0 Å². The van der Waals surface area contributed by atoms with Crippen LogP contribution in [-0.2, 0) is 16.4 Å². The van der Waals surface area contributed by atoms with Crippen molar-refractivity contribution in [2.45, 2.75) is 19.4 Å². The van der Waals surface area contributed by atoms with Gasteiger partial charge in [0.1, 0.15) is 0 Å². The molecule has 0 aliphatic carbocycles. The molecule has 2 rings (SSSR count). The fourth-order valence-corrected chi connectivity index (χ4v) is 3.89. The molecule has 0 fully saturated rings. The van der Waals surface area contributed by atoms with Crippen molar-refractivity contribution in [1.82, 2.24) is 9.71 Å².